The third-order valence-electron chi connectivity index (χ3n) is 6.29. The van der Waals surface area contributed by atoms with Crippen LogP contribution in [0.1, 0.15) is 68.6 Å². The minimum Gasteiger partial charge on any atom is -0.349 e. The number of amides is 1. The quantitative estimate of drug-likeness (QED) is 0.826. The summed E-state index contributed by atoms with van der Waals surface area (Å²) >= 11 is 0. The van der Waals surface area contributed by atoms with E-state index in [9.17, 15) is 4.79 Å². The van der Waals surface area contributed by atoms with Crippen molar-refractivity contribution in [3.05, 3.63) is 35.9 Å². The highest BCUT2D eigenvalue weighted by Gasteiger charge is 2.27. The number of benzene rings is 1. The Morgan fingerprint density at radius 2 is 1.76 bits per heavy atom. The molecule has 0 aromatic heterocycles. The molecule has 0 bridgehead atoms. The zero-order chi connectivity index (χ0) is 17.5. The Morgan fingerprint density at radius 3 is 2.40 bits per heavy atom. The van der Waals surface area contributed by atoms with Gasteiger partial charge in [-0.25, -0.2) is 0 Å². The number of rotatable bonds is 6. The molecule has 1 saturated heterocycles. The first-order valence-electron chi connectivity index (χ1n) is 10.3. The molecular weight excluding hydrogens is 308 g/mol. The van der Waals surface area contributed by atoms with E-state index in [0.717, 1.165) is 43.3 Å². The van der Waals surface area contributed by atoms with Crippen LogP contribution in [0.3, 0.4) is 0 Å². The second kappa shape index (κ2) is 9.38. The van der Waals surface area contributed by atoms with E-state index in [-0.39, 0.29) is 5.91 Å². The highest BCUT2D eigenvalue weighted by Crippen LogP contribution is 2.32. The summed E-state index contributed by atoms with van der Waals surface area (Å²) in [6.45, 7) is 5.89. The Hall–Kier alpha value is -1.35. The molecule has 3 nitrogen and oxygen atoms in total. The van der Waals surface area contributed by atoms with Crippen LogP contribution in [0.25, 0.3) is 0 Å². The Bertz CT molecular complexity index is 516. The lowest BCUT2D eigenvalue weighted by molar-refractivity contribution is 0.0891. The molecule has 1 saturated carbocycles. The molecule has 25 heavy (non-hydrogen) atoms. The largest absolute Gasteiger partial charge is 0.349 e. The van der Waals surface area contributed by atoms with Gasteiger partial charge < -0.3 is 10.2 Å². The summed E-state index contributed by atoms with van der Waals surface area (Å²) in [7, 11) is 0. The van der Waals surface area contributed by atoms with Crippen LogP contribution >= 0.6 is 0 Å². The van der Waals surface area contributed by atoms with Gasteiger partial charge in [0.15, 0.2) is 0 Å². The van der Waals surface area contributed by atoms with Crippen LogP contribution in [0.5, 0.6) is 0 Å². The highest BCUT2D eigenvalue weighted by molar-refractivity contribution is 5.94. The third-order valence-corrected chi connectivity index (χ3v) is 6.29. The minimum absolute atomic E-state index is 0.0766. The molecule has 1 aliphatic carbocycles. The van der Waals surface area contributed by atoms with E-state index in [2.05, 4.69) is 17.1 Å². The van der Waals surface area contributed by atoms with Crippen molar-refractivity contribution in [2.45, 2.75) is 64.3 Å². The van der Waals surface area contributed by atoms with Crippen molar-refractivity contribution in [3.63, 3.8) is 0 Å². The Kier molecular flexibility index (Phi) is 6.92. The molecule has 2 fully saturated rings. The van der Waals surface area contributed by atoms with Gasteiger partial charge in [-0.15, -0.1) is 0 Å². The van der Waals surface area contributed by atoms with Crippen LogP contribution < -0.4 is 5.32 Å². The lowest BCUT2D eigenvalue weighted by Gasteiger charge is -2.37. The van der Waals surface area contributed by atoms with Crippen molar-refractivity contribution < 1.29 is 4.79 Å². The standard InChI is InChI=1S/C22H34N2O/c1-2-18(19-9-5-3-6-10-19)17-24-15-13-21(14-16-24)23-22(25)20-11-7-4-8-12-20/h4,7-8,11-12,18-19,21H,2-3,5-6,9-10,13-17H2,1H3,(H,23,25). The normalized spacial score (nSPS) is 21.8. The van der Waals surface area contributed by atoms with Crippen molar-refractivity contribution in [1.29, 1.82) is 0 Å². The van der Waals surface area contributed by atoms with Crippen molar-refractivity contribution in [2.75, 3.05) is 19.6 Å². The molecule has 0 spiro atoms. The summed E-state index contributed by atoms with van der Waals surface area (Å²) in [5.74, 6) is 1.90. The summed E-state index contributed by atoms with van der Waals surface area (Å²) in [6.07, 6.45) is 10.7. The molecule has 138 valence electrons. The fraction of sp³-hybridized carbons (Fsp3) is 0.682. The summed E-state index contributed by atoms with van der Waals surface area (Å²) in [5.41, 5.74) is 0.772. The fourth-order valence-electron chi connectivity index (χ4n) is 4.67. The Morgan fingerprint density at radius 1 is 1.08 bits per heavy atom. The monoisotopic (exact) mass is 342 g/mol. The number of piperidine rings is 1. The zero-order valence-corrected chi connectivity index (χ0v) is 15.8. The number of nitrogens with zero attached hydrogens (tertiary/aromatic N) is 1. The molecule has 1 aromatic carbocycles. The predicted molar refractivity (Wildman–Crippen MR) is 104 cm³/mol. The van der Waals surface area contributed by atoms with Gasteiger partial charge in [0.25, 0.3) is 5.91 Å². The van der Waals surface area contributed by atoms with E-state index in [1.165, 1.54) is 45.1 Å². The van der Waals surface area contributed by atoms with E-state index in [4.69, 9.17) is 0 Å². The molecule has 3 heteroatoms. The maximum Gasteiger partial charge on any atom is 0.251 e. The van der Waals surface area contributed by atoms with Crippen LogP contribution in [0.15, 0.2) is 30.3 Å². The summed E-state index contributed by atoms with van der Waals surface area (Å²) in [6, 6.07) is 9.91. The molecule has 1 atom stereocenters. The van der Waals surface area contributed by atoms with E-state index >= 15 is 0 Å². The number of likely N-dealkylation sites (tertiary alicyclic amines) is 1. The van der Waals surface area contributed by atoms with Crippen LogP contribution in [0, 0.1) is 11.8 Å². The van der Waals surface area contributed by atoms with Gasteiger partial charge in [0, 0.05) is 31.2 Å². The van der Waals surface area contributed by atoms with Gasteiger partial charge in [0.05, 0.1) is 0 Å². The Labute approximate surface area is 153 Å². The first-order valence-corrected chi connectivity index (χ1v) is 10.3. The smallest absolute Gasteiger partial charge is 0.251 e. The lowest BCUT2D eigenvalue weighted by atomic mass is 9.78. The van der Waals surface area contributed by atoms with Crippen LogP contribution in [-0.4, -0.2) is 36.5 Å². The highest BCUT2D eigenvalue weighted by atomic mass is 16.1. The van der Waals surface area contributed by atoms with Gasteiger partial charge in [-0.3, -0.25) is 4.79 Å². The van der Waals surface area contributed by atoms with E-state index in [0.29, 0.717) is 6.04 Å². The number of carbonyl (C=O) groups is 1. The molecule has 1 unspecified atom stereocenters. The van der Waals surface area contributed by atoms with E-state index < -0.39 is 0 Å². The molecular formula is C22H34N2O. The molecule has 2 aliphatic rings. The zero-order valence-electron chi connectivity index (χ0n) is 15.8. The average molecular weight is 343 g/mol. The second-order valence-corrected chi connectivity index (χ2v) is 7.98. The van der Waals surface area contributed by atoms with E-state index in [1.807, 2.05) is 30.3 Å². The topological polar surface area (TPSA) is 32.3 Å². The molecule has 1 aromatic rings. The summed E-state index contributed by atoms with van der Waals surface area (Å²) in [4.78, 5) is 14.9. The van der Waals surface area contributed by atoms with Crippen molar-refractivity contribution >= 4 is 5.91 Å². The predicted octanol–water partition coefficient (Wildman–Crippen LogP) is 4.49. The molecule has 1 heterocycles. The van der Waals surface area contributed by atoms with Crippen LogP contribution in [-0.2, 0) is 0 Å². The second-order valence-electron chi connectivity index (χ2n) is 7.98. The number of carbonyl (C=O) groups excluding carboxylic acids is 1. The summed E-state index contributed by atoms with van der Waals surface area (Å²) in [5, 5.41) is 3.22. The van der Waals surface area contributed by atoms with Gasteiger partial charge in [-0.05, 0) is 36.8 Å². The lowest BCUT2D eigenvalue weighted by Crippen LogP contribution is -2.46. The average Bonchev–Trinajstić information content (AvgIpc) is 2.68. The molecule has 3 rings (SSSR count). The van der Waals surface area contributed by atoms with Gasteiger partial charge in [0.1, 0.15) is 0 Å². The first kappa shape index (κ1) is 18.4. The van der Waals surface area contributed by atoms with Gasteiger partial charge in [-0.1, -0.05) is 63.6 Å². The van der Waals surface area contributed by atoms with Crippen molar-refractivity contribution in [2.24, 2.45) is 11.8 Å². The van der Waals surface area contributed by atoms with Crippen molar-refractivity contribution in [1.82, 2.24) is 10.2 Å². The van der Waals surface area contributed by atoms with Gasteiger partial charge in [-0.2, -0.15) is 0 Å². The van der Waals surface area contributed by atoms with Crippen LogP contribution in [0.4, 0.5) is 0 Å². The number of nitrogens with one attached hydrogen (secondary N) is 1. The van der Waals surface area contributed by atoms with Gasteiger partial charge >= 0.3 is 0 Å². The molecule has 0 radical (unpaired) electrons. The maximum absolute atomic E-state index is 12.3. The van der Waals surface area contributed by atoms with Crippen molar-refractivity contribution in [3.8, 4) is 0 Å². The minimum atomic E-state index is 0.0766. The van der Waals surface area contributed by atoms with Gasteiger partial charge in [0.2, 0.25) is 0 Å². The summed E-state index contributed by atoms with van der Waals surface area (Å²) < 4.78 is 0. The molecule has 1 amide bonds. The Balaban J connectivity index is 1.42. The first-order chi connectivity index (χ1) is 12.3. The van der Waals surface area contributed by atoms with Crippen LogP contribution in [0.2, 0.25) is 0 Å². The maximum atomic E-state index is 12.3. The SMILES string of the molecule is CCC(CN1CCC(NC(=O)c2ccccc2)CC1)C1CCCCC1. The third kappa shape index (κ3) is 5.31. The molecule has 1 N–H and O–H groups in total. The molecule has 1 aliphatic heterocycles. The number of hydrogen-bond donors (Lipinski definition) is 1. The fourth-order valence-corrected chi connectivity index (χ4v) is 4.67. The van der Waals surface area contributed by atoms with E-state index in [1.54, 1.807) is 0 Å². The number of hydrogen-bond acceptors (Lipinski definition) is 2.